The van der Waals surface area contributed by atoms with E-state index in [9.17, 15) is 4.79 Å². The summed E-state index contributed by atoms with van der Waals surface area (Å²) in [6.45, 7) is 0. The van der Waals surface area contributed by atoms with Crippen LogP contribution < -0.4 is 0 Å². The van der Waals surface area contributed by atoms with Gasteiger partial charge in [0.05, 0.1) is 24.9 Å². The fraction of sp³-hybridized carbons (Fsp3) is 0.500. The summed E-state index contributed by atoms with van der Waals surface area (Å²) in [7, 11) is 1.32. The monoisotopic (exact) mass is 218 g/mol. The highest BCUT2D eigenvalue weighted by molar-refractivity contribution is 5.88. The maximum Gasteiger partial charge on any atom is 0.384 e. The molecule has 2 rings (SSSR count). The number of nitrogens with zero attached hydrogens (tertiary/aromatic N) is 2. The highest BCUT2D eigenvalue weighted by Gasteiger charge is 2.17. The van der Waals surface area contributed by atoms with Crippen molar-refractivity contribution in [3.63, 3.8) is 0 Å². The Hall–Kier alpha value is -1.76. The third-order valence-electron chi connectivity index (χ3n) is 2.79. The molecule has 0 aliphatic heterocycles. The third-order valence-corrected chi connectivity index (χ3v) is 2.79. The summed E-state index contributed by atoms with van der Waals surface area (Å²) in [6, 6.07) is 0.508. The minimum Gasteiger partial charge on any atom is -0.459 e. The summed E-state index contributed by atoms with van der Waals surface area (Å²) in [5.74, 6) is 4.60. The zero-order valence-electron chi connectivity index (χ0n) is 9.27. The Morgan fingerprint density at radius 1 is 1.56 bits per heavy atom. The molecule has 0 amide bonds. The molecule has 0 N–H and O–H groups in total. The first-order valence-electron chi connectivity index (χ1n) is 5.43. The van der Waals surface area contributed by atoms with E-state index in [0.717, 1.165) is 5.56 Å². The van der Waals surface area contributed by atoms with Gasteiger partial charge in [0.25, 0.3) is 0 Å². The Balaban J connectivity index is 2.06. The number of rotatable bonds is 1. The first-order chi connectivity index (χ1) is 7.79. The van der Waals surface area contributed by atoms with Gasteiger partial charge in [0.1, 0.15) is 0 Å². The van der Waals surface area contributed by atoms with E-state index in [1.54, 1.807) is 6.20 Å². The van der Waals surface area contributed by atoms with E-state index < -0.39 is 5.97 Å². The Kier molecular flexibility index (Phi) is 3.25. The van der Waals surface area contributed by atoms with E-state index in [1.165, 1.54) is 32.8 Å². The minimum absolute atomic E-state index is 0.508. The smallest absolute Gasteiger partial charge is 0.384 e. The van der Waals surface area contributed by atoms with E-state index in [-0.39, 0.29) is 0 Å². The quantitative estimate of drug-likeness (QED) is 0.530. The van der Waals surface area contributed by atoms with Gasteiger partial charge in [-0.25, -0.2) is 4.79 Å². The number of methoxy groups -OCH3 is 1. The van der Waals surface area contributed by atoms with Gasteiger partial charge in [-0.2, -0.15) is 5.10 Å². The zero-order chi connectivity index (χ0) is 11.4. The molecule has 1 heterocycles. The van der Waals surface area contributed by atoms with Crippen LogP contribution >= 0.6 is 0 Å². The summed E-state index contributed by atoms with van der Waals surface area (Å²) < 4.78 is 6.39. The van der Waals surface area contributed by atoms with Crippen LogP contribution in [0.4, 0.5) is 0 Å². The standard InChI is InChI=1S/C12H14N2O2/c1-16-12(15)7-6-10-8-13-14(9-10)11-4-2-3-5-11/h8-9,11H,2-5H2,1H3. The second kappa shape index (κ2) is 4.84. The lowest BCUT2D eigenvalue weighted by Crippen LogP contribution is -2.04. The molecule has 0 unspecified atom stereocenters. The van der Waals surface area contributed by atoms with E-state index in [2.05, 4.69) is 21.7 Å². The molecule has 16 heavy (non-hydrogen) atoms. The molecule has 1 aromatic heterocycles. The zero-order valence-corrected chi connectivity index (χ0v) is 9.27. The van der Waals surface area contributed by atoms with Crippen molar-refractivity contribution in [2.45, 2.75) is 31.7 Å². The fourth-order valence-electron chi connectivity index (χ4n) is 1.95. The molecule has 1 fully saturated rings. The van der Waals surface area contributed by atoms with Crippen LogP contribution in [0, 0.1) is 11.8 Å². The molecule has 84 valence electrons. The summed E-state index contributed by atoms with van der Waals surface area (Å²) in [5, 5.41) is 4.26. The van der Waals surface area contributed by atoms with E-state index >= 15 is 0 Å². The summed E-state index contributed by atoms with van der Waals surface area (Å²) in [4.78, 5) is 10.8. The van der Waals surface area contributed by atoms with Crippen LogP contribution in [-0.2, 0) is 9.53 Å². The minimum atomic E-state index is -0.520. The summed E-state index contributed by atoms with van der Waals surface area (Å²) in [6.07, 6.45) is 8.50. The number of ether oxygens (including phenoxy) is 1. The SMILES string of the molecule is COC(=O)C#Cc1cnn(C2CCCC2)c1. The van der Waals surface area contributed by atoms with Crippen molar-refractivity contribution in [3.8, 4) is 11.8 Å². The predicted octanol–water partition coefficient (Wildman–Crippen LogP) is 1.52. The van der Waals surface area contributed by atoms with Gasteiger partial charge in [-0.15, -0.1) is 0 Å². The summed E-state index contributed by atoms with van der Waals surface area (Å²) in [5.41, 5.74) is 0.761. The topological polar surface area (TPSA) is 44.1 Å². The third kappa shape index (κ3) is 2.43. The largest absolute Gasteiger partial charge is 0.459 e. The molecule has 4 nitrogen and oxygen atoms in total. The van der Waals surface area contributed by atoms with Crippen molar-refractivity contribution in [2.75, 3.05) is 7.11 Å². The molecule has 1 saturated carbocycles. The molecule has 1 aliphatic rings. The van der Waals surface area contributed by atoms with Gasteiger partial charge in [-0.05, 0) is 12.8 Å². The van der Waals surface area contributed by atoms with Crippen molar-refractivity contribution >= 4 is 5.97 Å². The lowest BCUT2D eigenvalue weighted by atomic mass is 10.2. The van der Waals surface area contributed by atoms with Crippen LogP contribution in [0.1, 0.15) is 37.3 Å². The summed E-state index contributed by atoms with van der Waals surface area (Å²) >= 11 is 0. The van der Waals surface area contributed by atoms with Gasteiger partial charge in [-0.1, -0.05) is 18.8 Å². The lowest BCUT2D eigenvalue weighted by Gasteiger charge is -2.07. The van der Waals surface area contributed by atoms with Crippen LogP contribution in [-0.4, -0.2) is 22.9 Å². The number of aromatic nitrogens is 2. The van der Waals surface area contributed by atoms with Gasteiger partial charge in [0.2, 0.25) is 0 Å². The van der Waals surface area contributed by atoms with Crippen molar-refractivity contribution in [1.82, 2.24) is 9.78 Å². The van der Waals surface area contributed by atoms with Gasteiger partial charge < -0.3 is 4.74 Å². The maximum atomic E-state index is 10.8. The molecular formula is C12H14N2O2. The van der Waals surface area contributed by atoms with E-state index in [4.69, 9.17) is 0 Å². The second-order valence-corrected chi connectivity index (χ2v) is 3.89. The molecule has 1 aromatic rings. The molecule has 0 radical (unpaired) electrons. The highest BCUT2D eigenvalue weighted by Crippen LogP contribution is 2.28. The molecule has 0 aromatic carbocycles. The number of hydrogen-bond acceptors (Lipinski definition) is 3. The predicted molar refractivity (Wildman–Crippen MR) is 58.6 cm³/mol. The molecular weight excluding hydrogens is 204 g/mol. The average molecular weight is 218 g/mol. The Morgan fingerprint density at radius 2 is 2.31 bits per heavy atom. The molecule has 0 bridgehead atoms. The Bertz CT molecular complexity index is 433. The normalized spacial score (nSPS) is 15.6. The van der Waals surface area contributed by atoms with Gasteiger partial charge in [-0.3, -0.25) is 4.68 Å². The Labute approximate surface area is 94.6 Å². The van der Waals surface area contributed by atoms with Gasteiger partial charge >= 0.3 is 5.97 Å². The molecule has 0 atom stereocenters. The molecule has 1 aliphatic carbocycles. The molecule has 0 saturated heterocycles. The van der Waals surface area contributed by atoms with E-state index in [0.29, 0.717) is 6.04 Å². The van der Waals surface area contributed by atoms with Crippen molar-refractivity contribution in [1.29, 1.82) is 0 Å². The maximum absolute atomic E-state index is 10.8. The van der Waals surface area contributed by atoms with Gasteiger partial charge in [0, 0.05) is 12.1 Å². The molecule has 0 spiro atoms. The first kappa shape index (κ1) is 10.7. The average Bonchev–Trinajstić information content (AvgIpc) is 2.95. The van der Waals surface area contributed by atoms with Crippen LogP contribution in [0.2, 0.25) is 0 Å². The van der Waals surface area contributed by atoms with E-state index in [1.807, 2.05) is 10.9 Å². The number of carbonyl (C=O) groups is 1. The van der Waals surface area contributed by atoms with Crippen molar-refractivity contribution < 1.29 is 9.53 Å². The van der Waals surface area contributed by atoms with Crippen LogP contribution in [0.15, 0.2) is 12.4 Å². The number of carbonyl (C=O) groups excluding carboxylic acids is 1. The molecule has 4 heteroatoms. The fourth-order valence-corrected chi connectivity index (χ4v) is 1.95. The number of hydrogen-bond donors (Lipinski definition) is 0. The first-order valence-corrected chi connectivity index (χ1v) is 5.43. The lowest BCUT2D eigenvalue weighted by molar-refractivity contribution is -0.133. The highest BCUT2D eigenvalue weighted by atomic mass is 16.5. The van der Waals surface area contributed by atoms with Crippen molar-refractivity contribution in [3.05, 3.63) is 18.0 Å². The van der Waals surface area contributed by atoms with Crippen LogP contribution in [0.25, 0.3) is 0 Å². The van der Waals surface area contributed by atoms with Crippen LogP contribution in [0.5, 0.6) is 0 Å². The van der Waals surface area contributed by atoms with Gasteiger partial charge in [0.15, 0.2) is 0 Å². The second-order valence-electron chi connectivity index (χ2n) is 3.89. The number of esters is 1. The van der Waals surface area contributed by atoms with Crippen molar-refractivity contribution in [2.24, 2.45) is 0 Å². The van der Waals surface area contributed by atoms with Crippen LogP contribution in [0.3, 0.4) is 0 Å². The Morgan fingerprint density at radius 3 is 3.00 bits per heavy atom.